The summed E-state index contributed by atoms with van der Waals surface area (Å²) in [7, 11) is 7.47. The molecule has 3 aromatic rings. The van der Waals surface area contributed by atoms with Crippen molar-refractivity contribution in [1.82, 2.24) is 24.6 Å². The van der Waals surface area contributed by atoms with E-state index in [1.54, 1.807) is 33.6 Å². The number of fused-ring (bicyclic) bond motifs is 1. The van der Waals surface area contributed by atoms with Gasteiger partial charge in [-0.3, -0.25) is 4.79 Å². The summed E-state index contributed by atoms with van der Waals surface area (Å²) in [4.78, 5) is 24.8. The van der Waals surface area contributed by atoms with Crippen molar-refractivity contribution in [3.63, 3.8) is 0 Å². The van der Waals surface area contributed by atoms with E-state index < -0.39 is 0 Å². The van der Waals surface area contributed by atoms with Gasteiger partial charge in [0.15, 0.2) is 5.16 Å². The van der Waals surface area contributed by atoms with Gasteiger partial charge in [-0.05, 0) is 24.3 Å². The molecule has 0 spiro atoms. The number of carbonyl (C=O) groups is 1. The van der Waals surface area contributed by atoms with Crippen LogP contribution in [0.25, 0.3) is 5.78 Å². The number of hydrogen-bond acceptors (Lipinski definition) is 8. The van der Waals surface area contributed by atoms with E-state index in [9.17, 15) is 4.79 Å². The molecule has 1 amide bonds. The zero-order chi connectivity index (χ0) is 19.6. The molecule has 0 saturated carbocycles. The third-order valence-corrected chi connectivity index (χ3v) is 4.66. The van der Waals surface area contributed by atoms with E-state index >= 15 is 0 Å². The van der Waals surface area contributed by atoms with E-state index in [1.807, 2.05) is 33.1 Å². The van der Waals surface area contributed by atoms with Gasteiger partial charge < -0.3 is 15.1 Å². The smallest absolute Gasteiger partial charge is 0.261 e. The minimum atomic E-state index is -0.156. The van der Waals surface area contributed by atoms with Gasteiger partial charge in [-0.1, -0.05) is 23.4 Å². The number of rotatable bonds is 6. The summed E-state index contributed by atoms with van der Waals surface area (Å²) in [5.74, 6) is 1.62. The third-order valence-electron chi connectivity index (χ3n) is 3.48. The monoisotopic (exact) mass is 406 g/mol. The quantitative estimate of drug-likeness (QED) is 0.622. The first-order valence-corrected chi connectivity index (χ1v) is 9.37. The Hall–Kier alpha value is -2.59. The van der Waals surface area contributed by atoms with Crippen molar-refractivity contribution in [3.05, 3.63) is 29.3 Å². The standard InChI is InChI=1S/C16H19ClN8OS/c1-23(2)13-19-14-21-22-16(25(14)15(20-13)24(3)4)27-9-12(26)18-11-7-5-10(17)6-8-11/h5-8H,9H2,1-4H3,(H,18,26). The van der Waals surface area contributed by atoms with Crippen LogP contribution in [0.3, 0.4) is 0 Å². The molecule has 2 heterocycles. The van der Waals surface area contributed by atoms with Crippen LogP contribution in [0, 0.1) is 0 Å². The van der Waals surface area contributed by atoms with Gasteiger partial charge in [0.1, 0.15) is 0 Å². The predicted octanol–water partition coefficient (Wildman–Crippen LogP) is 2.04. The van der Waals surface area contributed by atoms with E-state index in [2.05, 4.69) is 25.5 Å². The second kappa shape index (κ2) is 7.97. The summed E-state index contributed by atoms with van der Waals surface area (Å²) in [6.07, 6.45) is 0. The first-order chi connectivity index (χ1) is 12.8. The van der Waals surface area contributed by atoms with Gasteiger partial charge in [0, 0.05) is 38.9 Å². The van der Waals surface area contributed by atoms with Crippen molar-refractivity contribution < 1.29 is 4.79 Å². The summed E-state index contributed by atoms with van der Waals surface area (Å²) >= 11 is 7.11. The molecule has 0 aliphatic carbocycles. The van der Waals surface area contributed by atoms with Gasteiger partial charge in [0.25, 0.3) is 5.78 Å². The summed E-state index contributed by atoms with van der Waals surface area (Å²) in [6.45, 7) is 0. The lowest BCUT2D eigenvalue weighted by atomic mass is 10.3. The third kappa shape index (κ3) is 4.40. The van der Waals surface area contributed by atoms with E-state index in [-0.39, 0.29) is 11.7 Å². The molecule has 11 heteroatoms. The fourth-order valence-electron chi connectivity index (χ4n) is 2.22. The minimum Gasteiger partial charge on any atom is -0.348 e. The van der Waals surface area contributed by atoms with Crippen molar-refractivity contribution in [1.29, 1.82) is 0 Å². The largest absolute Gasteiger partial charge is 0.348 e. The Morgan fingerprint density at radius 1 is 1.11 bits per heavy atom. The Labute approximate surface area is 165 Å². The molecule has 2 aromatic heterocycles. The van der Waals surface area contributed by atoms with E-state index in [0.717, 1.165) is 0 Å². The predicted molar refractivity (Wildman–Crippen MR) is 108 cm³/mol. The van der Waals surface area contributed by atoms with Crippen LogP contribution in [0.2, 0.25) is 5.02 Å². The Morgan fingerprint density at radius 2 is 1.81 bits per heavy atom. The van der Waals surface area contributed by atoms with Crippen molar-refractivity contribution >= 4 is 52.6 Å². The van der Waals surface area contributed by atoms with E-state index in [1.165, 1.54) is 11.8 Å². The van der Waals surface area contributed by atoms with Gasteiger partial charge in [-0.2, -0.15) is 9.97 Å². The Kier molecular flexibility index (Phi) is 5.66. The van der Waals surface area contributed by atoms with E-state index in [0.29, 0.717) is 33.5 Å². The molecule has 142 valence electrons. The highest BCUT2D eigenvalue weighted by Gasteiger charge is 2.18. The zero-order valence-electron chi connectivity index (χ0n) is 15.3. The van der Waals surface area contributed by atoms with Gasteiger partial charge in [0.2, 0.25) is 17.8 Å². The van der Waals surface area contributed by atoms with Crippen molar-refractivity contribution in [3.8, 4) is 0 Å². The Bertz CT molecular complexity index is 957. The molecule has 1 aromatic carbocycles. The van der Waals surface area contributed by atoms with Crippen molar-refractivity contribution in [2.75, 3.05) is 49.1 Å². The zero-order valence-corrected chi connectivity index (χ0v) is 16.9. The summed E-state index contributed by atoms with van der Waals surface area (Å²) in [5, 5.41) is 12.3. The number of nitrogens with one attached hydrogen (secondary N) is 1. The van der Waals surface area contributed by atoms with Crippen LogP contribution in [0.4, 0.5) is 17.6 Å². The highest BCUT2D eigenvalue weighted by molar-refractivity contribution is 7.99. The fourth-order valence-corrected chi connectivity index (χ4v) is 3.07. The van der Waals surface area contributed by atoms with Crippen LogP contribution in [0.1, 0.15) is 0 Å². The lowest BCUT2D eigenvalue weighted by Gasteiger charge is -2.17. The highest BCUT2D eigenvalue weighted by atomic mass is 35.5. The van der Waals surface area contributed by atoms with Gasteiger partial charge in [0.05, 0.1) is 5.75 Å². The molecule has 0 saturated heterocycles. The van der Waals surface area contributed by atoms with Crippen LogP contribution in [-0.2, 0) is 4.79 Å². The Morgan fingerprint density at radius 3 is 2.44 bits per heavy atom. The lowest BCUT2D eigenvalue weighted by Crippen LogP contribution is -2.20. The second-order valence-corrected chi connectivity index (χ2v) is 7.45. The summed E-state index contributed by atoms with van der Waals surface area (Å²) in [6, 6.07) is 6.94. The maximum atomic E-state index is 12.2. The van der Waals surface area contributed by atoms with Crippen LogP contribution < -0.4 is 15.1 Å². The van der Waals surface area contributed by atoms with Gasteiger partial charge >= 0.3 is 0 Å². The average Bonchev–Trinajstić information content (AvgIpc) is 3.04. The molecule has 0 fully saturated rings. The molecule has 0 aliphatic rings. The Balaban J connectivity index is 1.78. The number of anilines is 3. The van der Waals surface area contributed by atoms with Gasteiger partial charge in [-0.25, -0.2) is 4.40 Å². The summed E-state index contributed by atoms with van der Waals surface area (Å²) in [5.41, 5.74) is 0.684. The maximum Gasteiger partial charge on any atom is 0.261 e. The van der Waals surface area contributed by atoms with Crippen molar-refractivity contribution in [2.24, 2.45) is 0 Å². The molecule has 0 bridgehead atoms. The molecule has 1 N–H and O–H groups in total. The molecule has 9 nitrogen and oxygen atoms in total. The molecule has 0 atom stereocenters. The molecular weight excluding hydrogens is 388 g/mol. The second-order valence-electron chi connectivity index (χ2n) is 6.07. The van der Waals surface area contributed by atoms with Crippen LogP contribution in [-0.4, -0.2) is 64.4 Å². The van der Waals surface area contributed by atoms with Crippen molar-refractivity contribution in [2.45, 2.75) is 5.16 Å². The normalized spacial score (nSPS) is 10.9. The minimum absolute atomic E-state index is 0.156. The van der Waals surface area contributed by atoms with Gasteiger partial charge in [-0.15, -0.1) is 10.2 Å². The van der Waals surface area contributed by atoms with Crippen LogP contribution in [0.5, 0.6) is 0 Å². The number of aromatic nitrogens is 5. The first kappa shape index (κ1) is 19.2. The molecule has 27 heavy (non-hydrogen) atoms. The number of benzene rings is 1. The molecule has 0 aliphatic heterocycles. The molecule has 0 unspecified atom stereocenters. The number of amides is 1. The molecule has 3 rings (SSSR count). The molecular formula is C16H19ClN8OS. The first-order valence-electron chi connectivity index (χ1n) is 8.01. The van der Waals surface area contributed by atoms with Crippen LogP contribution in [0.15, 0.2) is 29.4 Å². The number of halogens is 1. The SMILES string of the molecule is CN(C)c1nc(N(C)C)n2c(SCC(=O)Nc3ccc(Cl)cc3)nnc2n1. The number of thioether (sulfide) groups is 1. The topological polar surface area (TPSA) is 91.6 Å². The number of nitrogens with zero attached hydrogens (tertiary/aromatic N) is 7. The average molecular weight is 407 g/mol. The number of hydrogen-bond donors (Lipinski definition) is 1. The van der Waals surface area contributed by atoms with Crippen LogP contribution >= 0.6 is 23.4 Å². The summed E-state index contributed by atoms with van der Waals surface area (Å²) < 4.78 is 1.73. The van der Waals surface area contributed by atoms with E-state index in [4.69, 9.17) is 11.6 Å². The number of carbonyl (C=O) groups excluding carboxylic acids is 1. The molecule has 0 radical (unpaired) electrons. The highest BCUT2D eigenvalue weighted by Crippen LogP contribution is 2.23. The maximum absolute atomic E-state index is 12.2. The fraction of sp³-hybridized carbons (Fsp3) is 0.312. The lowest BCUT2D eigenvalue weighted by molar-refractivity contribution is -0.113.